The van der Waals surface area contributed by atoms with E-state index in [-0.39, 0.29) is 17.6 Å². The number of methoxy groups -OCH3 is 2. The van der Waals surface area contributed by atoms with Gasteiger partial charge in [-0.1, -0.05) is 0 Å². The Bertz CT molecular complexity index is 1290. The molecule has 2 N–H and O–H groups in total. The van der Waals surface area contributed by atoms with E-state index >= 15 is 0 Å². The number of hydrogen-bond acceptors (Lipinski definition) is 7. The highest BCUT2D eigenvalue weighted by Gasteiger charge is 2.10. The fourth-order valence-electron chi connectivity index (χ4n) is 3.11. The van der Waals surface area contributed by atoms with Gasteiger partial charge < -0.3 is 20.1 Å². The van der Waals surface area contributed by atoms with E-state index in [1.807, 2.05) is 53.9 Å². The van der Waals surface area contributed by atoms with Gasteiger partial charge in [0.15, 0.2) is 5.13 Å². The molecule has 4 aromatic rings. The lowest BCUT2D eigenvalue weighted by atomic mass is 10.2. The Hall–Kier alpha value is -3.82. The summed E-state index contributed by atoms with van der Waals surface area (Å²) in [6.07, 6.45) is 0. The van der Waals surface area contributed by atoms with E-state index in [1.54, 1.807) is 38.5 Å². The van der Waals surface area contributed by atoms with E-state index in [4.69, 9.17) is 9.47 Å². The lowest BCUT2D eigenvalue weighted by Gasteiger charge is -2.07. The molecule has 9 heteroatoms. The molecule has 0 aliphatic rings. The van der Waals surface area contributed by atoms with Gasteiger partial charge in [-0.05, 0) is 72.8 Å². The third-order valence-electron chi connectivity index (χ3n) is 4.97. The van der Waals surface area contributed by atoms with E-state index < -0.39 is 0 Å². The SMILES string of the molecule is COc1ccc(C(=O)Nc2ccc(SCC(=O)Nc3nc(-c4ccc(OC)cc4)cs3)cc2)cc1. The Morgan fingerprint density at radius 3 is 2.11 bits per heavy atom. The number of carbonyl (C=O) groups is 2. The molecule has 1 aromatic heterocycles. The quantitative estimate of drug-likeness (QED) is 0.279. The van der Waals surface area contributed by atoms with Gasteiger partial charge >= 0.3 is 0 Å². The molecule has 4 rings (SSSR count). The van der Waals surface area contributed by atoms with Gasteiger partial charge in [-0.25, -0.2) is 4.98 Å². The predicted octanol–water partition coefficient (Wildman–Crippen LogP) is 5.81. The van der Waals surface area contributed by atoms with Crippen molar-refractivity contribution in [1.29, 1.82) is 0 Å². The fraction of sp³-hybridized carbons (Fsp3) is 0.115. The van der Waals surface area contributed by atoms with E-state index in [9.17, 15) is 9.59 Å². The maximum Gasteiger partial charge on any atom is 0.255 e. The second-order valence-electron chi connectivity index (χ2n) is 7.31. The summed E-state index contributed by atoms with van der Waals surface area (Å²) in [6, 6.07) is 21.9. The van der Waals surface area contributed by atoms with Crippen molar-refractivity contribution in [3.05, 3.63) is 83.7 Å². The Kier molecular flexibility index (Phi) is 8.02. The molecule has 1 heterocycles. The van der Waals surface area contributed by atoms with Gasteiger partial charge in [0.25, 0.3) is 5.91 Å². The summed E-state index contributed by atoms with van der Waals surface area (Å²) in [6.45, 7) is 0. The fourth-order valence-corrected chi connectivity index (χ4v) is 4.54. The van der Waals surface area contributed by atoms with Crippen molar-refractivity contribution >= 4 is 45.7 Å². The molecular formula is C26H23N3O4S2. The number of thioether (sulfide) groups is 1. The highest BCUT2D eigenvalue weighted by molar-refractivity contribution is 8.00. The monoisotopic (exact) mass is 505 g/mol. The summed E-state index contributed by atoms with van der Waals surface area (Å²) in [4.78, 5) is 30.2. The number of rotatable bonds is 9. The first-order valence-corrected chi connectivity index (χ1v) is 12.5. The molecule has 0 radical (unpaired) electrons. The molecule has 178 valence electrons. The van der Waals surface area contributed by atoms with Gasteiger partial charge in [-0.2, -0.15) is 0 Å². The number of nitrogens with one attached hydrogen (secondary N) is 2. The molecule has 3 aromatic carbocycles. The first-order chi connectivity index (χ1) is 17.0. The Labute approximate surface area is 211 Å². The molecule has 0 fully saturated rings. The van der Waals surface area contributed by atoms with E-state index in [1.165, 1.54) is 23.1 Å². The molecule has 0 bridgehead atoms. The number of amides is 2. The van der Waals surface area contributed by atoms with Crippen LogP contribution < -0.4 is 20.1 Å². The molecule has 35 heavy (non-hydrogen) atoms. The van der Waals surface area contributed by atoms with Gasteiger partial charge in [0.05, 0.1) is 25.7 Å². The summed E-state index contributed by atoms with van der Waals surface area (Å²) in [5.41, 5.74) is 2.97. The van der Waals surface area contributed by atoms with Crippen LogP contribution >= 0.6 is 23.1 Å². The van der Waals surface area contributed by atoms with Crippen molar-refractivity contribution in [2.75, 3.05) is 30.6 Å². The molecule has 0 unspecified atom stereocenters. The molecule has 0 saturated heterocycles. The zero-order valence-electron chi connectivity index (χ0n) is 19.1. The second kappa shape index (κ2) is 11.5. The molecule has 7 nitrogen and oxygen atoms in total. The van der Waals surface area contributed by atoms with Crippen LogP contribution in [-0.2, 0) is 4.79 Å². The van der Waals surface area contributed by atoms with Gasteiger partial charge in [-0.15, -0.1) is 23.1 Å². The van der Waals surface area contributed by atoms with Crippen LogP contribution in [0.2, 0.25) is 0 Å². The number of benzene rings is 3. The van der Waals surface area contributed by atoms with E-state index in [2.05, 4.69) is 15.6 Å². The van der Waals surface area contributed by atoms with Crippen molar-refractivity contribution in [2.24, 2.45) is 0 Å². The second-order valence-corrected chi connectivity index (χ2v) is 9.22. The largest absolute Gasteiger partial charge is 0.497 e. The summed E-state index contributed by atoms with van der Waals surface area (Å²) < 4.78 is 10.3. The van der Waals surface area contributed by atoms with Crippen LogP contribution in [0.4, 0.5) is 10.8 Å². The molecule has 0 spiro atoms. The van der Waals surface area contributed by atoms with Crippen molar-refractivity contribution in [3.63, 3.8) is 0 Å². The lowest BCUT2D eigenvalue weighted by Crippen LogP contribution is -2.13. The number of aromatic nitrogens is 1. The van der Waals surface area contributed by atoms with Crippen LogP contribution in [0.3, 0.4) is 0 Å². The summed E-state index contributed by atoms with van der Waals surface area (Å²) in [7, 11) is 3.21. The number of anilines is 2. The third-order valence-corrected chi connectivity index (χ3v) is 6.74. The normalized spacial score (nSPS) is 10.5. The average molecular weight is 506 g/mol. The van der Waals surface area contributed by atoms with Gasteiger partial charge in [0.2, 0.25) is 5.91 Å². The third kappa shape index (κ3) is 6.62. The number of carbonyl (C=O) groups excluding carboxylic acids is 2. The van der Waals surface area contributed by atoms with Crippen LogP contribution in [0.1, 0.15) is 10.4 Å². The number of thiazole rings is 1. The zero-order valence-corrected chi connectivity index (χ0v) is 20.7. The van der Waals surface area contributed by atoms with Crippen LogP contribution in [0, 0.1) is 0 Å². The first-order valence-electron chi connectivity index (χ1n) is 10.6. The van der Waals surface area contributed by atoms with E-state index in [0.29, 0.717) is 22.1 Å². The average Bonchev–Trinajstić information content (AvgIpc) is 3.36. The van der Waals surface area contributed by atoms with Crippen LogP contribution in [0.5, 0.6) is 11.5 Å². The number of nitrogens with zero attached hydrogens (tertiary/aromatic N) is 1. The topological polar surface area (TPSA) is 89.5 Å². The molecule has 2 amide bonds. The van der Waals surface area contributed by atoms with Crippen LogP contribution in [-0.4, -0.2) is 36.8 Å². The van der Waals surface area contributed by atoms with Gasteiger partial charge in [0.1, 0.15) is 11.5 Å². The van der Waals surface area contributed by atoms with Crippen molar-refractivity contribution in [3.8, 4) is 22.8 Å². The minimum Gasteiger partial charge on any atom is -0.497 e. The Morgan fingerprint density at radius 1 is 0.857 bits per heavy atom. The molecule has 0 aliphatic heterocycles. The molecule has 0 saturated carbocycles. The van der Waals surface area contributed by atoms with Crippen molar-refractivity contribution in [1.82, 2.24) is 4.98 Å². The zero-order chi connectivity index (χ0) is 24.6. The molecular weight excluding hydrogens is 482 g/mol. The smallest absolute Gasteiger partial charge is 0.255 e. The summed E-state index contributed by atoms with van der Waals surface area (Å²) in [5.74, 6) is 1.38. The molecule has 0 aliphatic carbocycles. The number of ether oxygens (including phenoxy) is 2. The Morgan fingerprint density at radius 2 is 1.49 bits per heavy atom. The maximum absolute atomic E-state index is 12.4. The standard InChI is InChI=1S/C26H23N3O4S2/c1-32-20-9-3-17(4-10-20)23-15-35-26(28-23)29-24(30)16-34-22-13-7-19(8-14-22)27-25(31)18-5-11-21(33-2)12-6-18/h3-15H,16H2,1-2H3,(H,27,31)(H,28,29,30). The lowest BCUT2D eigenvalue weighted by molar-refractivity contribution is -0.113. The van der Waals surface area contributed by atoms with Crippen molar-refractivity contribution in [2.45, 2.75) is 4.90 Å². The maximum atomic E-state index is 12.4. The Balaban J connectivity index is 1.26. The highest BCUT2D eigenvalue weighted by atomic mass is 32.2. The van der Waals surface area contributed by atoms with Crippen molar-refractivity contribution < 1.29 is 19.1 Å². The van der Waals surface area contributed by atoms with Gasteiger partial charge in [0, 0.05) is 27.1 Å². The van der Waals surface area contributed by atoms with Crippen LogP contribution in [0.25, 0.3) is 11.3 Å². The minimum absolute atomic E-state index is 0.137. The highest BCUT2D eigenvalue weighted by Crippen LogP contribution is 2.27. The summed E-state index contributed by atoms with van der Waals surface area (Å²) in [5, 5.41) is 8.17. The van der Waals surface area contributed by atoms with Gasteiger partial charge in [-0.3, -0.25) is 9.59 Å². The summed E-state index contributed by atoms with van der Waals surface area (Å²) >= 11 is 2.79. The molecule has 0 atom stereocenters. The first kappa shape index (κ1) is 24.3. The van der Waals surface area contributed by atoms with E-state index in [0.717, 1.165) is 21.9 Å². The number of hydrogen-bond donors (Lipinski definition) is 2. The van der Waals surface area contributed by atoms with Crippen LogP contribution in [0.15, 0.2) is 83.1 Å². The predicted molar refractivity (Wildman–Crippen MR) is 141 cm³/mol. The minimum atomic E-state index is -0.204.